The van der Waals surface area contributed by atoms with Crippen LogP contribution in [0.25, 0.3) is 44.5 Å². The highest BCUT2D eigenvalue weighted by atomic mass is 35.5. The molecule has 2 heteroatoms. The zero-order valence-corrected chi connectivity index (χ0v) is 33.8. The lowest BCUT2D eigenvalue weighted by Crippen LogP contribution is -2.32. The Labute approximate surface area is 354 Å². The van der Waals surface area contributed by atoms with Crippen molar-refractivity contribution in [3.8, 4) is 44.5 Å². The molecular formula is C57H37ClS. The zero-order chi connectivity index (χ0) is 39.1. The van der Waals surface area contributed by atoms with E-state index >= 15 is 0 Å². The first-order valence-electron chi connectivity index (χ1n) is 20.4. The predicted molar refractivity (Wildman–Crippen MR) is 246 cm³/mol. The van der Waals surface area contributed by atoms with Gasteiger partial charge in [-0.25, -0.2) is 0 Å². The van der Waals surface area contributed by atoms with Crippen LogP contribution in [0.15, 0.2) is 216 Å². The third-order valence-corrected chi connectivity index (χ3v) is 14.3. The molecule has 9 aromatic carbocycles. The van der Waals surface area contributed by atoms with Crippen LogP contribution in [0.3, 0.4) is 0 Å². The minimum atomic E-state index is -0.493. The average Bonchev–Trinajstić information content (AvgIpc) is 3.81. The lowest BCUT2D eigenvalue weighted by Gasteiger charge is -2.40. The Morgan fingerprint density at radius 2 is 1.02 bits per heavy atom. The van der Waals surface area contributed by atoms with E-state index in [2.05, 4.69) is 200 Å². The molecule has 1 heterocycles. The zero-order valence-electron chi connectivity index (χ0n) is 32.2. The normalized spacial score (nSPS) is 14.1. The van der Waals surface area contributed by atoms with Crippen LogP contribution in [0, 0.1) is 0 Å². The molecule has 1 atom stereocenters. The topological polar surface area (TPSA) is 0 Å². The molecule has 0 amide bonds. The van der Waals surface area contributed by atoms with Gasteiger partial charge in [-0.05, 0) is 137 Å². The second kappa shape index (κ2) is 13.6. The SMILES string of the molecule is Clc1ccc2c(c1)C1(c3ccc(C(c4cccc(-c5ccccc5)c4)c4cc(-c5ccccc5)c5c(c4)-c4ccccc4C5)cc3S2)c2ccccc2-c2ccccc21. The van der Waals surface area contributed by atoms with Crippen molar-refractivity contribution >= 4 is 23.4 Å². The van der Waals surface area contributed by atoms with Crippen molar-refractivity contribution in [1.82, 2.24) is 0 Å². The standard InChI is InChI=1S/C57H37ClS/c58-43-27-29-54-53(35-43)57(50-24-11-9-22-45(50)46-23-10-12-25-51(46)57)52-28-26-41(34-55(52)59-54)56(40-20-13-19-38(30-40)36-14-3-1-4-15-36)42-32-47(37-16-5-2-6-17-37)49-31-39-18-7-8-21-44(39)48(49)33-42/h1-30,32-35,56H,31H2. The summed E-state index contributed by atoms with van der Waals surface area (Å²) in [5.41, 5.74) is 21.6. The van der Waals surface area contributed by atoms with Crippen LogP contribution in [0.2, 0.25) is 5.02 Å². The quantitative estimate of drug-likeness (QED) is 0.157. The highest BCUT2D eigenvalue weighted by Gasteiger charge is 2.50. The minimum Gasteiger partial charge on any atom is -0.0894 e. The fourth-order valence-electron chi connectivity index (χ4n) is 10.5. The fraction of sp³-hybridized carbons (Fsp3) is 0.0526. The molecule has 0 saturated carbocycles. The molecule has 1 spiro atoms. The highest BCUT2D eigenvalue weighted by Crippen LogP contribution is 2.62. The summed E-state index contributed by atoms with van der Waals surface area (Å²) < 4.78 is 0. The first-order chi connectivity index (χ1) is 29.1. The van der Waals surface area contributed by atoms with Gasteiger partial charge in [0.1, 0.15) is 0 Å². The Balaban J connectivity index is 1.12. The van der Waals surface area contributed by atoms with Crippen molar-refractivity contribution < 1.29 is 0 Å². The molecule has 3 aliphatic rings. The van der Waals surface area contributed by atoms with Crippen molar-refractivity contribution in [2.45, 2.75) is 27.5 Å². The van der Waals surface area contributed by atoms with E-state index in [4.69, 9.17) is 11.6 Å². The molecule has 0 radical (unpaired) electrons. The van der Waals surface area contributed by atoms with Gasteiger partial charge in [0.25, 0.3) is 0 Å². The lowest BCUT2D eigenvalue weighted by atomic mass is 9.67. The van der Waals surface area contributed by atoms with Gasteiger partial charge in [0.2, 0.25) is 0 Å². The van der Waals surface area contributed by atoms with Gasteiger partial charge >= 0.3 is 0 Å². The maximum absolute atomic E-state index is 6.90. The summed E-state index contributed by atoms with van der Waals surface area (Å²) in [6.07, 6.45) is 0.939. The van der Waals surface area contributed by atoms with Crippen molar-refractivity contribution in [3.63, 3.8) is 0 Å². The minimum absolute atomic E-state index is 0.0317. The van der Waals surface area contributed by atoms with Gasteiger partial charge in [0.05, 0.1) is 5.41 Å². The third kappa shape index (κ3) is 5.32. The van der Waals surface area contributed by atoms with Crippen LogP contribution in [-0.4, -0.2) is 0 Å². The maximum Gasteiger partial charge on any atom is 0.0735 e. The molecule has 0 saturated heterocycles. The van der Waals surface area contributed by atoms with E-state index in [0.29, 0.717) is 0 Å². The molecule has 0 bridgehead atoms. The largest absolute Gasteiger partial charge is 0.0894 e. The summed E-state index contributed by atoms with van der Waals surface area (Å²) in [7, 11) is 0. The van der Waals surface area contributed by atoms with Gasteiger partial charge in [-0.1, -0.05) is 193 Å². The summed E-state index contributed by atoms with van der Waals surface area (Å²) in [4.78, 5) is 2.52. The van der Waals surface area contributed by atoms with E-state index < -0.39 is 5.41 Å². The Bertz CT molecular complexity index is 3080. The number of hydrogen-bond donors (Lipinski definition) is 0. The second-order valence-electron chi connectivity index (χ2n) is 16.1. The molecule has 278 valence electrons. The van der Waals surface area contributed by atoms with Crippen molar-refractivity contribution in [2.24, 2.45) is 0 Å². The molecule has 9 aromatic rings. The smallest absolute Gasteiger partial charge is 0.0735 e. The lowest BCUT2D eigenvalue weighted by molar-refractivity contribution is 0.720. The van der Waals surface area contributed by atoms with E-state index in [0.717, 1.165) is 11.4 Å². The van der Waals surface area contributed by atoms with E-state index in [1.807, 2.05) is 17.8 Å². The van der Waals surface area contributed by atoms with E-state index in [9.17, 15) is 0 Å². The Kier molecular flexibility index (Phi) is 7.99. The van der Waals surface area contributed by atoms with Crippen LogP contribution >= 0.6 is 23.4 Å². The van der Waals surface area contributed by atoms with Crippen LogP contribution in [0.5, 0.6) is 0 Å². The number of benzene rings is 9. The van der Waals surface area contributed by atoms with Gasteiger partial charge in [-0.2, -0.15) is 0 Å². The fourth-order valence-corrected chi connectivity index (χ4v) is 11.9. The molecule has 59 heavy (non-hydrogen) atoms. The average molecular weight is 789 g/mol. The van der Waals surface area contributed by atoms with Crippen molar-refractivity contribution in [2.75, 3.05) is 0 Å². The summed E-state index contributed by atoms with van der Waals surface area (Å²) in [5.74, 6) is -0.0317. The van der Waals surface area contributed by atoms with Gasteiger partial charge in [-0.15, -0.1) is 0 Å². The molecule has 1 unspecified atom stereocenters. The van der Waals surface area contributed by atoms with Crippen molar-refractivity contribution in [1.29, 1.82) is 0 Å². The van der Waals surface area contributed by atoms with Gasteiger partial charge < -0.3 is 0 Å². The monoisotopic (exact) mass is 788 g/mol. The first kappa shape index (κ1) is 34.6. The number of fused-ring (bicyclic) bond motifs is 12. The molecular weight excluding hydrogens is 752 g/mol. The van der Waals surface area contributed by atoms with Crippen LogP contribution < -0.4 is 0 Å². The van der Waals surface area contributed by atoms with Gasteiger partial charge in [0.15, 0.2) is 0 Å². The molecule has 0 aromatic heterocycles. The van der Waals surface area contributed by atoms with E-state index in [1.54, 1.807) is 0 Å². The summed E-state index contributed by atoms with van der Waals surface area (Å²) in [5, 5.41) is 0.761. The summed E-state index contributed by atoms with van der Waals surface area (Å²) in [6.45, 7) is 0. The van der Waals surface area contributed by atoms with Crippen LogP contribution in [0.1, 0.15) is 56.0 Å². The molecule has 12 rings (SSSR count). The Morgan fingerprint density at radius 3 is 1.78 bits per heavy atom. The van der Waals surface area contributed by atoms with Crippen LogP contribution in [-0.2, 0) is 11.8 Å². The Hall–Kier alpha value is -6.38. The highest BCUT2D eigenvalue weighted by molar-refractivity contribution is 7.99. The van der Waals surface area contributed by atoms with Crippen molar-refractivity contribution in [3.05, 3.63) is 261 Å². The van der Waals surface area contributed by atoms with Gasteiger partial charge in [-0.3, -0.25) is 0 Å². The molecule has 1 aliphatic heterocycles. The first-order valence-corrected chi connectivity index (χ1v) is 21.6. The molecule has 0 nitrogen and oxygen atoms in total. The molecule has 0 N–H and O–H groups in total. The van der Waals surface area contributed by atoms with Gasteiger partial charge in [0, 0.05) is 20.7 Å². The number of rotatable bonds is 5. The second-order valence-corrected chi connectivity index (χ2v) is 17.6. The molecule has 0 fully saturated rings. The summed E-state index contributed by atoms with van der Waals surface area (Å²) >= 11 is 8.77. The number of hydrogen-bond acceptors (Lipinski definition) is 1. The van der Waals surface area contributed by atoms with E-state index in [-0.39, 0.29) is 5.92 Å². The number of halogens is 1. The maximum atomic E-state index is 6.90. The van der Waals surface area contributed by atoms with Crippen LogP contribution in [0.4, 0.5) is 0 Å². The summed E-state index contributed by atoms with van der Waals surface area (Å²) in [6, 6.07) is 76.8. The molecule has 2 aliphatic carbocycles. The Morgan fingerprint density at radius 1 is 0.390 bits per heavy atom. The van der Waals surface area contributed by atoms with E-state index in [1.165, 1.54) is 104 Å². The predicted octanol–water partition coefficient (Wildman–Crippen LogP) is 15.3. The third-order valence-electron chi connectivity index (χ3n) is 13.0.